The van der Waals surface area contributed by atoms with Crippen LogP contribution >= 0.6 is 0 Å². The molecule has 1 unspecified atom stereocenters. The number of anilines is 1. The number of rotatable bonds is 4. The van der Waals surface area contributed by atoms with Gasteiger partial charge in [-0.1, -0.05) is 43.4 Å². The third-order valence-electron chi connectivity index (χ3n) is 7.64. The number of carbonyl (C=O) groups is 3. The zero-order valence-corrected chi connectivity index (χ0v) is 19.6. The van der Waals surface area contributed by atoms with E-state index in [-0.39, 0.29) is 25.0 Å². The molecule has 0 bridgehead atoms. The molecule has 4 heterocycles. The highest BCUT2D eigenvalue weighted by molar-refractivity contribution is 6.06. The Morgan fingerprint density at radius 1 is 1.15 bits per heavy atom. The molecule has 0 saturated carbocycles. The smallest absolute Gasteiger partial charge is 0.313 e. The van der Waals surface area contributed by atoms with Gasteiger partial charge in [0.15, 0.2) is 0 Å². The maximum Gasteiger partial charge on any atom is 0.313 e. The first-order valence-electron chi connectivity index (χ1n) is 11.8. The number of benzene rings is 1. The predicted molar refractivity (Wildman–Crippen MR) is 124 cm³/mol. The summed E-state index contributed by atoms with van der Waals surface area (Å²) in [6, 6.07) is 4.27. The number of cyclic esters (lactones) is 1. The molecule has 0 radical (unpaired) electrons. The van der Waals surface area contributed by atoms with Gasteiger partial charge in [-0.15, -0.1) is 0 Å². The number of nitrogens with zero attached hydrogens (tertiary/aromatic N) is 2. The van der Waals surface area contributed by atoms with Crippen molar-refractivity contribution in [3.8, 4) is 0 Å². The molecule has 2 fully saturated rings. The second-order valence-corrected chi connectivity index (χ2v) is 9.48. The zero-order valence-electron chi connectivity index (χ0n) is 19.6. The molecule has 2 saturated heterocycles. The summed E-state index contributed by atoms with van der Waals surface area (Å²) in [7, 11) is 0. The van der Waals surface area contributed by atoms with Crippen LogP contribution in [0.3, 0.4) is 0 Å². The molecular formula is C26H30N2O6. The molecule has 5 rings (SSSR count). The summed E-state index contributed by atoms with van der Waals surface area (Å²) in [6.07, 6.45) is 6.92. The topological polar surface area (TPSA) is 96.4 Å². The molecule has 0 aromatic heterocycles. The third-order valence-corrected chi connectivity index (χ3v) is 7.64. The number of carbonyl (C=O) groups excluding carboxylic acids is 3. The minimum Gasteiger partial charge on any atom is -0.461 e. The first-order valence-corrected chi connectivity index (χ1v) is 11.8. The van der Waals surface area contributed by atoms with E-state index in [1.807, 2.05) is 45.0 Å². The van der Waals surface area contributed by atoms with Gasteiger partial charge in [0.05, 0.1) is 24.7 Å². The second-order valence-electron chi connectivity index (χ2n) is 9.48. The Balaban J connectivity index is 1.68. The van der Waals surface area contributed by atoms with Crippen LogP contribution in [-0.2, 0) is 23.9 Å². The van der Waals surface area contributed by atoms with Crippen LogP contribution in [0.5, 0.6) is 0 Å². The minimum absolute atomic E-state index is 0.125. The third kappa shape index (κ3) is 3.08. The monoisotopic (exact) mass is 466 g/mol. The molecule has 1 spiro atoms. The molecule has 1 aromatic rings. The largest absolute Gasteiger partial charge is 0.461 e. The number of aliphatic hydroxyl groups excluding tert-OH is 1. The van der Waals surface area contributed by atoms with Gasteiger partial charge in [0.1, 0.15) is 24.2 Å². The van der Waals surface area contributed by atoms with Gasteiger partial charge in [-0.05, 0) is 37.5 Å². The van der Waals surface area contributed by atoms with Gasteiger partial charge < -0.3 is 24.4 Å². The lowest BCUT2D eigenvalue weighted by Gasteiger charge is -2.38. The Morgan fingerprint density at radius 2 is 1.88 bits per heavy atom. The Kier molecular flexibility index (Phi) is 5.61. The fourth-order valence-electron chi connectivity index (χ4n) is 6.15. The van der Waals surface area contributed by atoms with Crippen molar-refractivity contribution in [1.29, 1.82) is 0 Å². The van der Waals surface area contributed by atoms with E-state index in [9.17, 15) is 19.5 Å². The highest BCUT2D eigenvalue weighted by Gasteiger charge is 2.72. The predicted octanol–water partition coefficient (Wildman–Crippen LogP) is 1.67. The van der Waals surface area contributed by atoms with Crippen LogP contribution in [0, 0.1) is 25.7 Å². The van der Waals surface area contributed by atoms with Crippen LogP contribution in [0.1, 0.15) is 24.5 Å². The van der Waals surface area contributed by atoms with Crippen molar-refractivity contribution in [2.24, 2.45) is 11.8 Å². The average Bonchev–Trinajstić information content (AvgIpc) is 3.11. The Bertz CT molecular complexity index is 1070. The number of aliphatic hydroxyl groups is 1. The summed E-state index contributed by atoms with van der Waals surface area (Å²) < 4.78 is 11.8. The standard InChI is InChI=1S/C26H30N2O6/c1-4-17(14-29)28-22-24(31)27(21-15(2)8-5-9-16(21)3)12-7-11-26(22)20(23(28)30)19-18(34-26)10-6-13-33-25(19)32/h5-11,17-20,22,29H,4,12-14H2,1-3H3/t17-,18+,19-,20-,22?,26-/m0/s1. The van der Waals surface area contributed by atoms with Gasteiger partial charge in [-0.2, -0.15) is 0 Å². The molecule has 6 atom stereocenters. The van der Waals surface area contributed by atoms with E-state index in [1.165, 1.54) is 4.90 Å². The molecule has 1 N–H and O–H groups in total. The molecule has 4 aliphatic heterocycles. The molecular weight excluding hydrogens is 436 g/mol. The minimum atomic E-state index is -1.32. The SMILES string of the molecule is CC[C@@H](CO)N1C(=O)[C@@H]2[C@H]3C(=O)OCC=C[C@H]3O[C@@]23C=CCN(c2c(C)cccc2C)C(=O)C13. The zero-order chi connectivity index (χ0) is 24.2. The van der Waals surface area contributed by atoms with E-state index >= 15 is 0 Å². The van der Waals surface area contributed by atoms with E-state index in [2.05, 4.69) is 0 Å². The van der Waals surface area contributed by atoms with Gasteiger partial charge >= 0.3 is 5.97 Å². The number of esters is 1. The number of amides is 2. The first-order chi connectivity index (χ1) is 16.4. The summed E-state index contributed by atoms with van der Waals surface area (Å²) in [5.74, 6) is -2.89. The Labute approximate surface area is 198 Å². The molecule has 8 nitrogen and oxygen atoms in total. The number of hydrogen-bond donors (Lipinski definition) is 1. The van der Waals surface area contributed by atoms with E-state index < -0.39 is 41.6 Å². The summed E-state index contributed by atoms with van der Waals surface area (Å²) in [4.78, 5) is 44.4. The second kappa shape index (κ2) is 8.36. The molecule has 1 aromatic carbocycles. The normalized spacial score (nSPS) is 33.2. The molecule has 0 aliphatic carbocycles. The maximum atomic E-state index is 14.3. The van der Waals surface area contributed by atoms with E-state index in [0.717, 1.165) is 16.8 Å². The lowest BCUT2D eigenvalue weighted by atomic mass is 9.78. The number of aryl methyl sites for hydroxylation is 2. The van der Waals surface area contributed by atoms with Crippen LogP contribution in [0.15, 0.2) is 42.5 Å². The van der Waals surface area contributed by atoms with Crippen LogP contribution < -0.4 is 4.90 Å². The summed E-state index contributed by atoms with van der Waals surface area (Å²) in [5.41, 5.74) is 1.37. The average molecular weight is 467 g/mol. The molecule has 8 heteroatoms. The van der Waals surface area contributed by atoms with Gasteiger partial charge in [0, 0.05) is 12.2 Å². The van der Waals surface area contributed by atoms with Crippen molar-refractivity contribution in [1.82, 2.24) is 4.90 Å². The van der Waals surface area contributed by atoms with Crippen LogP contribution in [0.2, 0.25) is 0 Å². The number of likely N-dealkylation sites (tertiary alicyclic amines) is 1. The van der Waals surface area contributed by atoms with Gasteiger partial charge in [-0.3, -0.25) is 14.4 Å². The van der Waals surface area contributed by atoms with Gasteiger partial charge in [0.2, 0.25) is 5.91 Å². The van der Waals surface area contributed by atoms with E-state index in [4.69, 9.17) is 9.47 Å². The lowest BCUT2D eigenvalue weighted by Crippen LogP contribution is -2.58. The lowest BCUT2D eigenvalue weighted by molar-refractivity contribution is -0.153. The molecule has 4 aliphatic rings. The van der Waals surface area contributed by atoms with Crippen molar-refractivity contribution in [3.63, 3.8) is 0 Å². The highest BCUT2D eigenvalue weighted by Crippen LogP contribution is 2.54. The van der Waals surface area contributed by atoms with Crippen molar-refractivity contribution in [3.05, 3.63) is 53.6 Å². The van der Waals surface area contributed by atoms with Crippen LogP contribution in [0.4, 0.5) is 5.69 Å². The van der Waals surface area contributed by atoms with Crippen molar-refractivity contribution < 1.29 is 29.0 Å². The van der Waals surface area contributed by atoms with E-state index in [0.29, 0.717) is 13.0 Å². The molecule has 2 amide bonds. The Morgan fingerprint density at radius 3 is 2.56 bits per heavy atom. The first kappa shape index (κ1) is 22.8. The molecule has 180 valence electrons. The number of hydrogen-bond acceptors (Lipinski definition) is 6. The summed E-state index contributed by atoms with van der Waals surface area (Å²) in [5, 5.41) is 10.1. The molecule has 34 heavy (non-hydrogen) atoms. The van der Waals surface area contributed by atoms with Crippen molar-refractivity contribution >= 4 is 23.5 Å². The maximum absolute atomic E-state index is 14.3. The number of para-hydroxylation sites is 1. The van der Waals surface area contributed by atoms with E-state index in [1.54, 1.807) is 23.1 Å². The van der Waals surface area contributed by atoms with Gasteiger partial charge in [0.25, 0.3) is 5.91 Å². The highest BCUT2D eigenvalue weighted by atomic mass is 16.6. The number of fused-ring (bicyclic) bond motifs is 2. The van der Waals surface area contributed by atoms with Crippen LogP contribution in [0.25, 0.3) is 0 Å². The van der Waals surface area contributed by atoms with Crippen molar-refractivity contribution in [2.75, 3.05) is 24.7 Å². The summed E-state index contributed by atoms with van der Waals surface area (Å²) >= 11 is 0. The number of ether oxygens (including phenoxy) is 2. The Hall–Kier alpha value is -2.97. The van der Waals surface area contributed by atoms with Crippen molar-refractivity contribution in [2.45, 2.75) is 51.0 Å². The van der Waals surface area contributed by atoms with Crippen LogP contribution in [-0.4, -0.2) is 71.3 Å². The summed E-state index contributed by atoms with van der Waals surface area (Å²) in [6.45, 7) is 5.91. The fraction of sp³-hybridized carbons (Fsp3) is 0.500. The van der Waals surface area contributed by atoms with Gasteiger partial charge in [-0.25, -0.2) is 0 Å². The fourth-order valence-corrected chi connectivity index (χ4v) is 6.15. The quantitative estimate of drug-likeness (QED) is 0.536.